The molecule has 0 bridgehead atoms. The van der Waals surface area contributed by atoms with Gasteiger partial charge in [-0.1, -0.05) is 0 Å². The van der Waals surface area contributed by atoms with E-state index in [1.54, 1.807) is 32.0 Å². The molecule has 7 heteroatoms. The van der Waals surface area contributed by atoms with E-state index in [1.165, 1.54) is 0 Å². The van der Waals surface area contributed by atoms with Gasteiger partial charge >= 0.3 is 0 Å². The Hall–Kier alpha value is -1.76. The minimum absolute atomic E-state index is 0.118. The van der Waals surface area contributed by atoms with Gasteiger partial charge in [-0.05, 0) is 6.92 Å². The number of rotatable bonds is 6. The van der Waals surface area contributed by atoms with E-state index in [0.717, 1.165) is 0 Å². The fourth-order valence-corrected chi connectivity index (χ4v) is 1.32. The zero-order valence-electron chi connectivity index (χ0n) is 10.4. The average Bonchev–Trinajstić information content (AvgIpc) is 2.57. The molecule has 0 aliphatic carbocycles. The van der Waals surface area contributed by atoms with Crippen molar-refractivity contribution in [1.82, 2.24) is 15.1 Å². The number of nitrogens with zero attached hydrogens (tertiary/aromatic N) is 2. The largest absolute Gasteiger partial charge is 0.394 e. The lowest BCUT2D eigenvalue weighted by atomic mass is 10.3. The fraction of sp³-hybridized carbons (Fsp3) is 0.600. The normalized spacial score (nSPS) is 12.2. The van der Waals surface area contributed by atoms with Gasteiger partial charge in [0.05, 0.1) is 12.3 Å². The Kier molecular flexibility index (Phi) is 4.77. The zero-order chi connectivity index (χ0) is 12.8. The maximum absolute atomic E-state index is 11.6. The highest BCUT2D eigenvalue weighted by Gasteiger charge is 2.14. The van der Waals surface area contributed by atoms with Gasteiger partial charge in [-0.15, -0.1) is 0 Å². The van der Waals surface area contributed by atoms with Crippen LogP contribution in [-0.2, 0) is 16.6 Å². The monoisotopic (exact) mass is 241 g/mol. The van der Waals surface area contributed by atoms with Gasteiger partial charge in [-0.2, -0.15) is 5.10 Å². The first-order chi connectivity index (χ1) is 8.04. The second-order valence-corrected chi connectivity index (χ2v) is 3.76. The summed E-state index contributed by atoms with van der Waals surface area (Å²) in [5, 5.41) is 9.78. The molecule has 1 amide bonds. The highest BCUT2D eigenvalue weighted by atomic mass is 16.5. The van der Waals surface area contributed by atoms with Crippen LogP contribution in [-0.4, -0.2) is 42.0 Å². The molecule has 0 radical (unpaired) electrons. The Balaban J connectivity index is 2.45. The summed E-state index contributed by atoms with van der Waals surface area (Å²) in [6, 6.07) is -0.399. The number of methoxy groups -OCH3 is 1. The minimum Gasteiger partial charge on any atom is -0.394 e. The lowest BCUT2D eigenvalue weighted by Gasteiger charge is -2.13. The standard InChI is InChI=1S/C10H19N5O2/c1-7(10(16)12-4-5-17-3)13-9-8(11)6-15(2)14-9/h6-7H,4-5,11H2,1-3H3,(H,12,16)(H,13,14). The summed E-state index contributed by atoms with van der Waals surface area (Å²) >= 11 is 0. The van der Waals surface area contributed by atoms with E-state index in [-0.39, 0.29) is 5.91 Å². The van der Waals surface area contributed by atoms with Crippen LogP contribution in [0.4, 0.5) is 11.5 Å². The number of aromatic nitrogens is 2. The van der Waals surface area contributed by atoms with Crippen LogP contribution in [0.25, 0.3) is 0 Å². The molecule has 0 saturated carbocycles. The Labute approximate surface area is 100 Å². The summed E-state index contributed by atoms with van der Waals surface area (Å²) in [6.07, 6.45) is 1.68. The molecular weight excluding hydrogens is 222 g/mol. The van der Waals surface area contributed by atoms with E-state index in [9.17, 15) is 4.79 Å². The number of nitrogens with one attached hydrogen (secondary N) is 2. The molecule has 0 aliphatic heterocycles. The van der Waals surface area contributed by atoms with Crippen molar-refractivity contribution in [1.29, 1.82) is 0 Å². The van der Waals surface area contributed by atoms with Crippen molar-refractivity contribution in [2.45, 2.75) is 13.0 Å². The Morgan fingerprint density at radius 1 is 1.71 bits per heavy atom. The molecule has 0 spiro atoms. The molecule has 1 atom stereocenters. The highest BCUT2D eigenvalue weighted by molar-refractivity contribution is 5.84. The smallest absolute Gasteiger partial charge is 0.242 e. The van der Waals surface area contributed by atoms with Crippen LogP contribution in [0, 0.1) is 0 Å². The van der Waals surface area contributed by atoms with Crippen molar-refractivity contribution in [2.75, 3.05) is 31.3 Å². The lowest BCUT2D eigenvalue weighted by molar-refractivity contribution is -0.121. The molecule has 0 saturated heterocycles. The number of ether oxygens (including phenoxy) is 1. The summed E-state index contributed by atoms with van der Waals surface area (Å²) in [5.41, 5.74) is 6.23. The van der Waals surface area contributed by atoms with Crippen molar-refractivity contribution in [3.05, 3.63) is 6.20 Å². The van der Waals surface area contributed by atoms with Crippen LogP contribution < -0.4 is 16.4 Å². The van der Waals surface area contributed by atoms with Crippen molar-refractivity contribution >= 4 is 17.4 Å². The molecule has 1 heterocycles. The van der Waals surface area contributed by atoms with Gasteiger partial charge in [0, 0.05) is 26.9 Å². The van der Waals surface area contributed by atoms with Crippen molar-refractivity contribution < 1.29 is 9.53 Å². The second kappa shape index (κ2) is 6.09. The predicted octanol–water partition coefficient (Wildman–Crippen LogP) is -0.435. The molecule has 1 aromatic rings. The van der Waals surface area contributed by atoms with Crippen LogP contribution in [0.3, 0.4) is 0 Å². The predicted molar refractivity (Wildman–Crippen MR) is 65.6 cm³/mol. The molecule has 1 unspecified atom stereocenters. The summed E-state index contributed by atoms with van der Waals surface area (Å²) in [5.74, 6) is 0.397. The van der Waals surface area contributed by atoms with Crippen molar-refractivity contribution in [2.24, 2.45) is 7.05 Å². The summed E-state index contributed by atoms with van der Waals surface area (Å²) in [7, 11) is 3.35. The lowest BCUT2D eigenvalue weighted by Crippen LogP contribution is -2.39. The summed E-state index contributed by atoms with van der Waals surface area (Å²) < 4.78 is 6.43. The van der Waals surface area contributed by atoms with E-state index in [1.807, 2.05) is 0 Å². The minimum atomic E-state index is -0.399. The molecule has 7 nitrogen and oxygen atoms in total. The van der Waals surface area contributed by atoms with E-state index in [0.29, 0.717) is 24.7 Å². The van der Waals surface area contributed by atoms with Crippen LogP contribution in [0.2, 0.25) is 0 Å². The van der Waals surface area contributed by atoms with Crippen LogP contribution in [0.5, 0.6) is 0 Å². The van der Waals surface area contributed by atoms with Gasteiger partial charge in [0.15, 0.2) is 5.82 Å². The maximum Gasteiger partial charge on any atom is 0.242 e. The molecule has 1 rings (SSSR count). The topological polar surface area (TPSA) is 94.2 Å². The highest BCUT2D eigenvalue weighted by Crippen LogP contribution is 2.15. The third-order valence-electron chi connectivity index (χ3n) is 2.21. The first-order valence-corrected chi connectivity index (χ1v) is 5.37. The van der Waals surface area contributed by atoms with Crippen LogP contribution >= 0.6 is 0 Å². The average molecular weight is 241 g/mol. The summed E-state index contributed by atoms with van der Waals surface area (Å²) in [6.45, 7) is 2.72. The molecule has 96 valence electrons. The van der Waals surface area contributed by atoms with Gasteiger partial charge in [0.1, 0.15) is 6.04 Å². The number of nitrogens with two attached hydrogens (primary N) is 1. The van der Waals surface area contributed by atoms with E-state index < -0.39 is 6.04 Å². The SMILES string of the molecule is COCCNC(=O)C(C)Nc1nn(C)cc1N. The quantitative estimate of drug-likeness (QED) is 0.587. The molecule has 17 heavy (non-hydrogen) atoms. The van der Waals surface area contributed by atoms with Crippen molar-refractivity contribution in [3.63, 3.8) is 0 Å². The van der Waals surface area contributed by atoms with Crippen LogP contribution in [0.1, 0.15) is 6.92 Å². The molecule has 4 N–H and O–H groups in total. The number of carbonyl (C=O) groups excluding carboxylic acids is 1. The van der Waals surface area contributed by atoms with E-state index in [2.05, 4.69) is 15.7 Å². The van der Waals surface area contributed by atoms with Gasteiger partial charge in [-0.25, -0.2) is 0 Å². The van der Waals surface area contributed by atoms with Crippen molar-refractivity contribution in [3.8, 4) is 0 Å². The molecule has 1 aromatic heterocycles. The second-order valence-electron chi connectivity index (χ2n) is 3.76. The van der Waals surface area contributed by atoms with Crippen LogP contribution in [0.15, 0.2) is 6.20 Å². The number of nitrogen functional groups attached to an aromatic ring is 1. The number of anilines is 2. The third kappa shape index (κ3) is 3.95. The number of carbonyl (C=O) groups is 1. The van der Waals surface area contributed by atoms with E-state index in [4.69, 9.17) is 10.5 Å². The third-order valence-corrected chi connectivity index (χ3v) is 2.21. The molecule has 0 fully saturated rings. The van der Waals surface area contributed by atoms with Gasteiger partial charge in [-0.3, -0.25) is 9.48 Å². The Bertz CT molecular complexity index is 377. The Morgan fingerprint density at radius 2 is 2.41 bits per heavy atom. The first kappa shape index (κ1) is 13.3. The van der Waals surface area contributed by atoms with Gasteiger partial charge in [0.25, 0.3) is 0 Å². The maximum atomic E-state index is 11.6. The number of aryl methyl sites for hydroxylation is 1. The first-order valence-electron chi connectivity index (χ1n) is 5.37. The van der Waals surface area contributed by atoms with E-state index >= 15 is 0 Å². The molecular formula is C10H19N5O2. The zero-order valence-corrected chi connectivity index (χ0v) is 10.4. The molecule has 0 aliphatic rings. The Morgan fingerprint density at radius 3 is 2.94 bits per heavy atom. The molecule has 0 aromatic carbocycles. The number of amides is 1. The summed E-state index contributed by atoms with van der Waals surface area (Å²) in [4.78, 5) is 11.6. The van der Waals surface area contributed by atoms with Gasteiger partial charge in [0.2, 0.25) is 5.91 Å². The van der Waals surface area contributed by atoms with Gasteiger partial charge < -0.3 is 21.1 Å². The number of hydrogen-bond acceptors (Lipinski definition) is 5. The fourth-order valence-electron chi connectivity index (χ4n) is 1.32. The number of hydrogen-bond donors (Lipinski definition) is 3.